The molecule has 1 N–H and O–H groups in total. The average molecular weight is 326 g/mol. The fraction of sp³-hybridized carbons (Fsp3) is 0.471. The molecule has 0 radical (unpaired) electrons. The summed E-state index contributed by atoms with van der Waals surface area (Å²) in [6.45, 7) is 6.58. The lowest BCUT2D eigenvalue weighted by molar-refractivity contribution is -0.117. The molecular formula is C17H24ClNO3. The first-order valence-electron chi connectivity index (χ1n) is 7.50. The van der Waals surface area contributed by atoms with Crippen LogP contribution in [-0.4, -0.2) is 25.7 Å². The molecule has 0 aliphatic rings. The Labute approximate surface area is 137 Å². The molecule has 0 heterocycles. The Hall–Kier alpha value is -1.68. The fourth-order valence-electron chi connectivity index (χ4n) is 1.75. The van der Waals surface area contributed by atoms with Crippen LogP contribution >= 0.6 is 11.6 Å². The molecule has 122 valence electrons. The molecular weight excluding hydrogens is 302 g/mol. The van der Waals surface area contributed by atoms with Gasteiger partial charge >= 0.3 is 0 Å². The molecule has 4 nitrogen and oxygen atoms in total. The summed E-state index contributed by atoms with van der Waals surface area (Å²) in [5.74, 6) is 0.964. The summed E-state index contributed by atoms with van der Waals surface area (Å²) < 4.78 is 10.9. The van der Waals surface area contributed by atoms with E-state index in [-0.39, 0.29) is 11.9 Å². The van der Waals surface area contributed by atoms with Gasteiger partial charge in [0, 0.05) is 12.1 Å². The number of ether oxygens (including phenoxy) is 2. The van der Waals surface area contributed by atoms with E-state index in [1.165, 1.54) is 6.08 Å². The van der Waals surface area contributed by atoms with Gasteiger partial charge in [-0.2, -0.15) is 0 Å². The highest BCUT2D eigenvalue weighted by molar-refractivity contribution is 6.32. The van der Waals surface area contributed by atoms with Crippen LogP contribution in [0.4, 0.5) is 0 Å². The van der Waals surface area contributed by atoms with Gasteiger partial charge in [0.25, 0.3) is 0 Å². The topological polar surface area (TPSA) is 47.6 Å². The third-order valence-electron chi connectivity index (χ3n) is 3.13. The molecule has 0 aromatic heterocycles. The Morgan fingerprint density at radius 3 is 2.73 bits per heavy atom. The molecule has 0 saturated carbocycles. The zero-order valence-electron chi connectivity index (χ0n) is 13.6. The second-order valence-corrected chi connectivity index (χ2v) is 5.44. The Bertz CT molecular complexity index is 529. The van der Waals surface area contributed by atoms with Gasteiger partial charge in [-0.1, -0.05) is 25.4 Å². The van der Waals surface area contributed by atoms with Crippen molar-refractivity contribution >= 4 is 23.6 Å². The monoisotopic (exact) mass is 325 g/mol. The van der Waals surface area contributed by atoms with E-state index in [9.17, 15) is 4.79 Å². The van der Waals surface area contributed by atoms with Crippen molar-refractivity contribution in [1.29, 1.82) is 0 Å². The Morgan fingerprint density at radius 2 is 2.14 bits per heavy atom. The van der Waals surface area contributed by atoms with Crippen molar-refractivity contribution in [2.75, 3.05) is 13.7 Å². The minimum Gasteiger partial charge on any atom is -0.493 e. The third-order valence-corrected chi connectivity index (χ3v) is 3.41. The normalized spacial score (nSPS) is 12.2. The van der Waals surface area contributed by atoms with Gasteiger partial charge in [0.2, 0.25) is 5.91 Å². The van der Waals surface area contributed by atoms with Crippen molar-refractivity contribution in [1.82, 2.24) is 5.32 Å². The number of carbonyl (C=O) groups excluding carboxylic acids is 1. The van der Waals surface area contributed by atoms with E-state index < -0.39 is 0 Å². The van der Waals surface area contributed by atoms with Gasteiger partial charge in [-0.15, -0.1) is 0 Å². The number of nitrogens with one attached hydrogen (secondary N) is 1. The number of halogens is 1. The van der Waals surface area contributed by atoms with Crippen LogP contribution in [0.5, 0.6) is 11.5 Å². The molecule has 1 rings (SSSR count). The summed E-state index contributed by atoms with van der Waals surface area (Å²) >= 11 is 6.23. The van der Waals surface area contributed by atoms with E-state index in [0.717, 1.165) is 18.4 Å². The molecule has 0 fully saturated rings. The summed E-state index contributed by atoms with van der Waals surface area (Å²) in [6.07, 6.45) is 4.97. The Balaban J connectivity index is 2.88. The zero-order valence-corrected chi connectivity index (χ0v) is 14.4. The second-order valence-electron chi connectivity index (χ2n) is 5.03. The molecule has 1 aromatic carbocycles. The van der Waals surface area contributed by atoms with Gasteiger partial charge in [0.05, 0.1) is 18.7 Å². The highest BCUT2D eigenvalue weighted by Crippen LogP contribution is 2.36. The van der Waals surface area contributed by atoms with E-state index >= 15 is 0 Å². The summed E-state index contributed by atoms with van der Waals surface area (Å²) in [7, 11) is 1.56. The standard InChI is InChI=1S/C17H24ClNO3/c1-5-9-22-17-14(18)10-13(11-15(17)21-4)7-8-16(20)19-12(3)6-2/h7-8,10-12H,5-6,9H2,1-4H3,(H,19,20)/b8-7+. The number of carbonyl (C=O) groups is 1. The molecule has 0 aliphatic carbocycles. The summed E-state index contributed by atoms with van der Waals surface area (Å²) in [6, 6.07) is 3.70. The van der Waals surface area contributed by atoms with Gasteiger partial charge in [0.15, 0.2) is 11.5 Å². The fourth-order valence-corrected chi connectivity index (χ4v) is 2.02. The minimum absolute atomic E-state index is 0.129. The first kappa shape index (κ1) is 18.4. The third kappa shape index (κ3) is 5.60. The van der Waals surface area contributed by atoms with Gasteiger partial charge in [-0.05, 0) is 43.5 Å². The maximum absolute atomic E-state index is 11.7. The first-order valence-corrected chi connectivity index (χ1v) is 7.88. The Morgan fingerprint density at radius 1 is 1.41 bits per heavy atom. The lowest BCUT2D eigenvalue weighted by Gasteiger charge is -2.13. The lowest BCUT2D eigenvalue weighted by atomic mass is 10.1. The van der Waals surface area contributed by atoms with Crippen LogP contribution in [0.3, 0.4) is 0 Å². The SMILES string of the molecule is CCCOc1c(Cl)cc(/C=C/C(=O)NC(C)CC)cc1OC. The maximum Gasteiger partial charge on any atom is 0.244 e. The van der Waals surface area contributed by atoms with Crippen molar-refractivity contribution in [3.8, 4) is 11.5 Å². The molecule has 0 spiro atoms. The summed E-state index contributed by atoms with van der Waals surface area (Å²) in [5.41, 5.74) is 0.782. The highest BCUT2D eigenvalue weighted by atomic mass is 35.5. The maximum atomic E-state index is 11.7. The van der Waals surface area contributed by atoms with Gasteiger partial charge in [-0.25, -0.2) is 0 Å². The molecule has 1 amide bonds. The van der Waals surface area contributed by atoms with Crippen LogP contribution in [0.15, 0.2) is 18.2 Å². The molecule has 5 heteroatoms. The predicted molar refractivity (Wildman–Crippen MR) is 90.7 cm³/mol. The molecule has 1 atom stereocenters. The first-order chi connectivity index (χ1) is 10.5. The molecule has 1 aromatic rings. The number of rotatable bonds is 8. The van der Waals surface area contributed by atoms with Crippen LogP contribution in [0.2, 0.25) is 5.02 Å². The number of hydrogen-bond donors (Lipinski definition) is 1. The zero-order chi connectivity index (χ0) is 16.5. The number of hydrogen-bond acceptors (Lipinski definition) is 3. The van der Waals surface area contributed by atoms with Crippen molar-refractivity contribution < 1.29 is 14.3 Å². The van der Waals surface area contributed by atoms with Gasteiger partial charge in [0.1, 0.15) is 0 Å². The number of methoxy groups -OCH3 is 1. The van der Waals surface area contributed by atoms with Crippen molar-refractivity contribution in [2.24, 2.45) is 0 Å². The highest BCUT2D eigenvalue weighted by Gasteiger charge is 2.11. The summed E-state index contributed by atoms with van der Waals surface area (Å²) in [4.78, 5) is 11.7. The largest absolute Gasteiger partial charge is 0.493 e. The van der Waals surface area contributed by atoms with E-state index in [0.29, 0.717) is 23.1 Å². The van der Waals surface area contributed by atoms with E-state index in [1.807, 2.05) is 20.8 Å². The van der Waals surface area contributed by atoms with Crippen LogP contribution < -0.4 is 14.8 Å². The van der Waals surface area contributed by atoms with E-state index in [2.05, 4.69) is 5.32 Å². The average Bonchev–Trinajstić information content (AvgIpc) is 2.51. The molecule has 0 aliphatic heterocycles. The summed E-state index contributed by atoms with van der Waals surface area (Å²) in [5, 5.41) is 3.34. The second kappa shape index (κ2) is 9.36. The van der Waals surface area contributed by atoms with Crippen molar-refractivity contribution in [3.63, 3.8) is 0 Å². The van der Waals surface area contributed by atoms with Gasteiger partial charge < -0.3 is 14.8 Å². The van der Waals surface area contributed by atoms with Crippen LogP contribution in [0.25, 0.3) is 6.08 Å². The number of amides is 1. The van der Waals surface area contributed by atoms with Gasteiger partial charge in [-0.3, -0.25) is 4.79 Å². The van der Waals surface area contributed by atoms with E-state index in [4.69, 9.17) is 21.1 Å². The molecule has 0 saturated heterocycles. The number of benzene rings is 1. The lowest BCUT2D eigenvalue weighted by Crippen LogP contribution is -2.30. The van der Waals surface area contributed by atoms with Crippen LogP contribution in [0, 0.1) is 0 Å². The van der Waals surface area contributed by atoms with Crippen LogP contribution in [0.1, 0.15) is 39.2 Å². The smallest absolute Gasteiger partial charge is 0.244 e. The molecule has 1 unspecified atom stereocenters. The minimum atomic E-state index is -0.129. The Kier molecular flexibility index (Phi) is 7.82. The quantitative estimate of drug-likeness (QED) is 0.733. The molecule has 22 heavy (non-hydrogen) atoms. The van der Waals surface area contributed by atoms with Crippen molar-refractivity contribution in [3.05, 3.63) is 28.8 Å². The predicted octanol–water partition coefficient (Wildman–Crippen LogP) is 4.07. The van der Waals surface area contributed by atoms with Crippen molar-refractivity contribution in [2.45, 2.75) is 39.7 Å². The van der Waals surface area contributed by atoms with E-state index in [1.54, 1.807) is 25.3 Å². The van der Waals surface area contributed by atoms with Crippen LogP contribution in [-0.2, 0) is 4.79 Å². The molecule has 0 bridgehead atoms.